The largest absolute Gasteiger partial charge is 0.398 e. The highest BCUT2D eigenvalue weighted by atomic mass is 14.5. The summed E-state index contributed by atoms with van der Waals surface area (Å²) in [4.78, 5) is 0. The van der Waals surface area contributed by atoms with Crippen molar-refractivity contribution in [3.05, 3.63) is 35.4 Å². The summed E-state index contributed by atoms with van der Waals surface area (Å²) in [6.45, 7) is 2.09. The number of hydrogen-bond donors (Lipinski definition) is 1. The number of nitrogens with two attached hydrogens (primary N) is 1. The van der Waals surface area contributed by atoms with E-state index in [0.717, 1.165) is 12.0 Å². The molecule has 0 spiro atoms. The number of allylic oxidation sites excluding steroid dienone is 1. The van der Waals surface area contributed by atoms with Crippen LogP contribution in [0.25, 0.3) is 6.08 Å². The summed E-state index contributed by atoms with van der Waals surface area (Å²) in [7, 11) is 0. The molecule has 0 aromatic heterocycles. The topological polar surface area (TPSA) is 49.8 Å². The zero-order valence-electron chi connectivity index (χ0n) is 7.62. The number of nitrogens with zero attached hydrogens (tertiary/aromatic N) is 1. The van der Waals surface area contributed by atoms with Gasteiger partial charge in [-0.15, -0.1) is 0 Å². The fourth-order valence-corrected chi connectivity index (χ4v) is 1.12. The zero-order valence-corrected chi connectivity index (χ0v) is 7.62. The van der Waals surface area contributed by atoms with Crippen LogP contribution in [0.5, 0.6) is 0 Å². The van der Waals surface area contributed by atoms with Crippen LogP contribution in [-0.2, 0) is 6.42 Å². The van der Waals surface area contributed by atoms with Crippen LogP contribution in [0.2, 0.25) is 0 Å². The number of aryl methyl sites for hydroxylation is 1. The summed E-state index contributed by atoms with van der Waals surface area (Å²) in [5.74, 6) is 0. The highest BCUT2D eigenvalue weighted by Crippen LogP contribution is 2.15. The van der Waals surface area contributed by atoms with Crippen molar-refractivity contribution in [2.24, 2.45) is 0 Å². The number of nitrogen functional groups attached to an aromatic ring is 1. The Hall–Kier alpha value is -1.75. The molecule has 0 bridgehead atoms. The third kappa shape index (κ3) is 2.34. The van der Waals surface area contributed by atoms with E-state index in [0.29, 0.717) is 5.69 Å². The standard InChI is InChI=1S/C11H12N2/c1-2-9-5-6-11(13)10(8-9)4-3-7-12/h3-6,8H,2,13H2,1H3. The third-order valence-corrected chi connectivity index (χ3v) is 1.90. The lowest BCUT2D eigenvalue weighted by atomic mass is 10.1. The molecule has 0 radical (unpaired) electrons. The van der Waals surface area contributed by atoms with Gasteiger partial charge >= 0.3 is 0 Å². The molecule has 0 atom stereocenters. The summed E-state index contributed by atoms with van der Waals surface area (Å²) in [6.07, 6.45) is 4.15. The normalized spacial score (nSPS) is 10.2. The Morgan fingerprint density at radius 1 is 1.54 bits per heavy atom. The first-order valence-electron chi connectivity index (χ1n) is 4.22. The van der Waals surface area contributed by atoms with Crippen LogP contribution in [0.15, 0.2) is 24.3 Å². The maximum absolute atomic E-state index is 8.37. The first kappa shape index (κ1) is 9.34. The summed E-state index contributed by atoms with van der Waals surface area (Å²) in [6, 6.07) is 7.82. The minimum absolute atomic E-state index is 0.712. The quantitative estimate of drug-likeness (QED) is 0.550. The minimum Gasteiger partial charge on any atom is -0.398 e. The fourth-order valence-electron chi connectivity index (χ4n) is 1.12. The lowest BCUT2D eigenvalue weighted by molar-refractivity contribution is 1.14. The second-order valence-electron chi connectivity index (χ2n) is 2.78. The Bertz CT molecular complexity index is 359. The van der Waals surface area contributed by atoms with Crippen LogP contribution in [0, 0.1) is 11.3 Å². The molecule has 2 heteroatoms. The van der Waals surface area contributed by atoms with E-state index in [4.69, 9.17) is 11.0 Å². The molecule has 2 N–H and O–H groups in total. The van der Waals surface area contributed by atoms with E-state index in [-0.39, 0.29) is 0 Å². The average molecular weight is 172 g/mol. The van der Waals surface area contributed by atoms with Crippen molar-refractivity contribution in [2.45, 2.75) is 13.3 Å². The molecule has 0 saturated heterocycles. The Kier molecular flexibility index (Phi) is 3.10. The van der Waals surface area contributed by atoms with Crippen LogP contribution >= 0.6 is 0 Å². The van der Waals surface area contributed by atoms with Crippen molar-refractivity contribution in [3.8, 4) is 6.07 Å². The van der Waals surface area contributed by atoms with Crippen LogP contribution in [0.1, 0.15) is 18.1 Å². The van der Waals surface area contributed by atoms with Crippen molar-refractivity contribution in [1.82, 2.24) is 0 Å². The Morgan fingerprint density at radius 2 is 2.31 bits per heavy atom. The molecule has 0 heterocycles. The molecule has 1 aromatic carbocycles. The average Bonchev–Trinajstić information content (AvgIpc) is 2.17. The van der Waals surface area contributed by atoms with Gasteiger partial charge in [-0.2, -0.15) is 5.26 Å². The van der Waals surface area contributed by atoms with E-state index in [1.165, 1.54) is 11.6 Å². The lowest BCUT2D eigenvalue weighted by Crippen LogP contribution is -1.90. The molecule has 0 aliphatic rings. The van der Waals surface area contributed by atoms with Gasteiger partial charge in [-0.1, -0.05) is 13.0 Å². The number of rotatable bonds is 2. The highest BCUT2D eigenvalue weighted by molar-refractivity contribution is 5.66. The first-order valence-corrected chi connectivity index (χ1v) is 4.22. The number of benzene rings is 1. The number of hydrogen-bond acceptors (Lipinski definition) is 2. The molecule has 66 valence electrons. The molecule has 1 rings (SSSR count). The lowest BCUT2D eigenvalue weighted by Gasteiger charge is -2.02. The van der Waals surface area contributed by atoms with E-state index in [1.807, 2.05) is 24.3 Å². The van der Waals surface area contributed by atoms with Crippen molar-refractivity contribution < 1.29 is 0 Å². The van der Waals surface area contributed by atoms with E-state index >= 15 is 0 Å². The number of anilines is 1. The van der Waals surface area contributed by atoms with Gasteiger partial charge in [0, 0.05) is 11.8 Å². The van der Waals surface area contributed by atoms with Gasteiger partial charge in [0.05, 0.1) is 6.07 Å². The molecule has 0 fully saturated rings. The predicted molar refractivity (Wildman–Crippen MR) is 54.9 cm³/mol. The summed E-state index contributed by atoms with van der Waals surface area (Å²) >= 11 is 0. The molecule has 1 aromatic rings. The third-order valence-electron chi connectivity index (χ3n) is 1.90. The second kappa shape index (κ2) is 4.32. The fraction of sp³-hybridized carbons (Fsp3) is 0.182. The molecule has 0 unspecified atom stereocenters. The van der Waals surface area contributed by atoms with E-state index in [9.17, 15) is 0 Å². The van der Waals surface area contributed by atoms with E-state index < -0.39 is 0 Å². The summed E-state index contributed by atoms with van der Waals surface area (Å²) in [5.41, 5.74) is 8.58. The first-order chi connectivity index (χ1) is 6.27. The van der Waals surface area contributed by atoms with E-state index in [1.54, 1.807) is 6.08 Å². The molecule has 0 aliphatic heterocycles. The zero-order chi connectivity index (χ0) is 9.68. The van der Waals surface area contributed by atoms with Crippen molar-refractivity contribution in [1.29, 1.82) is 5.26 Å². The maximum Gasteiger partial charge on any atom is 0.0912 e. The van der Waals surface area contributed by atoms with Gasteiger partial charge in [-0.3, -0.25) is 0 Å². The van der Waals surface area contributed by atoms with Crippen molar-refractivity contribution in [2.75, 3.05) is 5.73 Å². The summed E-state index contributed by atoms with van der Waals surface area (Å²) in [5, 5.41) is 8.37. The molecule has 13 heavy (non-hydrogen) atoms. The van der Waals surface area contributed by atoms with Gasteiger partial charge in [-0.25, -0.2) is 0 Å². The van der Waals surface area contributed by atoms with Crippen LogP contribution in [-0.4, -0.2) is 0 Å². The smallest absolute Gasteiger partial charge is 0.0912 e. The molecular weight excluding hydrogens is 160 g/mol. The Labute approximate surface area is 78.3 Å². The molecular formula is C11H12N2. The molecule has 0 aliphatic carbocycles. The minimum atomic E-state index is 0.712. The predicted octanol–water partition coefficient (Wildman–Crippen LogP) is 2.37. The molecule has 2 nitrogen and oxygen atoms in total. The molecule has 0 amide bonds. The van der Waals surface area contributed by atoms with Crippen LogP contribution < -0.4 is 5.73 Å². The Morgan fingerprint density at radius 3 is 2.92 bits per heavy atom. The van der Waals surface area contributed by atoms with Crippen molar-refractivity contribution >= 4 is 11.8 Å². The number of nitriles is 1. The SMILES string of the molecule is CCc1ccc(N)c(C=CC#N)c1. The second-order valence-corrected chi connectivity index (χ2v) is 2.78. The van der Waals surface area contributed by atoms with Gasteiger partial charge in [0.1, 0.15) is 0 Å². The van der Waals surface area contributed by atoms with Gasteiger partial charge in [-0.05, 0) is 35.8 Å². The van der Waals surface area contributed by atoms with Crippen LogP contribution in [0.3, 0.4) is 0 Å². The van der Waals surface area contributed by atoms with Gasteiger partial charge in [0.2, 0.25) is 0 Å². The van der Waals surface area contributed by atoms with Gasteiger partial charge in [0.15, 0.2) is 0 Å². The van der Waals surface area contributed by atoms with Crippen molar-refractivity contribution in [3.63, 3.8) is 0 Å². The molecule has 0 saturated carbocycles. The Balaban J connectivity index is 3.05. The highest BCUT2D eigenvalue weighted by Gasteiger charge is 1.95. The maximum atomic E-state index is 8.37. The van der Waals surface area contributed by atoms with Crippen LogP contribution in [0.4, 0.5) is 5.69 Å². The summed E-state index contributed by atoms with van der Waals surface area (Å²) < 4.78 is 0. The monoisotopic (exact) mass is 172 g/mol. The van der Waals surface area contributed by atoms with Gasteiger partial charge in [0.25, 0.3) is 0 Å². The van der Waals surface area contributed by atoms with E-state index in [2.05, 4.69) is 6.92 Å². The van der Waals surface area contributed by atoms with Gasteiger partial charge < -0.3 is 5.73 Å².